The summed E-state index contributed by atoms with van der Waals surface area (Å²) in [5, 5.41) is 9.85. The quantitative estimate of drug-likeness (QED) is 0.234. The molecule has 0 amide bonds. The van der Waals surface area contributed by atoms with Gasteiger partial charge in [0.25, 0.3) is 0 Å². The van der Waals surface area contributed by atoms with Crippen LogP contribution in [0.5, 0.6) is 5.75 Å². The normalized spacial score (nSPS) is 25.1. The Morgan fingerprint density at radius 3 is 2.75 bits per heavy atom. The number of rotatable bonds is 10. The Hall–Kier alpha value is -2.67. The van der Waals surface area contributed by atoms with E-state index in [4.69, 9.17) is 56.4 Å². The molecule has 1 N–H and O–H groups in total. The van der Waals surface area contributed by atoms with E-state index in [2.05, 4.69) is 10.5 Å². The first kappa shape index (κ1) is 30.0. The molecule has 7 rings (SSSR count). The Balaban J connectivity index is 1.06. The van der Waals surface area contributed by atoms with Gasteiger partial charge in [0.2, 0.25) is 0 Å². The van der Waals surface area contributed by atoms with Crippen LogP contribution in [0.3, 0.4) is 0 Å². The average molecular weight is 663 g/mol. The highest BCUT2D eigenvalue weighted by molar-refractivity contribution is 7.22. The van der Waals surface area contributed by atoms with E-state index in [0.717, 1.165) is 40.9 Å². The van der Waals surface area contributed by atoms with Crippen molar-refractivity contribution in [3.63, 3.8) is 0 Å². The van der Waals surface area contributed by atoms with E-state index in [9.17, 15) is 4.79 Å². The number of anilines is 1. The maximum atomic E-state index is 12.3. The zero-order valence-electron chi connectivity index (χ0n) is 24.6. The zero-order valence-corrected chi connectivity index (χ0v) is 26.9. The number of aromatic nitrogens is 2. The van der Waals surface area contributed by atoms with Gasteiger partial charge in [-0.25, -0.2) is 9.78 Å². The molecule has 234 valence electrons. The molecule has 4 heterocycles. The standard InChI is InChI=1S/C31H33Cl2N3O7S/c1-14(2)42-21-9-16(30(37)38-3)10-23-26(21)35-31(44-23)34-20-12-40-29-22(13-41-28(20)29)39-11-17-25(36-43-27(17)15-7-8-15)24-18(32)5-4-6-19(24)33/h5,9-10,14-15,20,22,28-29H,4,6-8,11-13H2,1-3H3,(H,34,35)/t20?,22?,28-,29-/m1/s1. The van der Waals surface area contributed by atoms with Gasteiger partial charge < -0.3 is 33.5 Å². The number of hydrogen-bond donors (Lipinski definition) is 1. The average Bonchev–Trinajstić information content (AvgIpc) is 3.29. The summed E-state index contributed by atoms with van der Waals surface area (Å²) in [7, 11) is 1.36. The highest BCUT2D eigenvalue weighted by Crippen LogP contribution is 2.46. The highest BCUT2D eigenvalue weighted by Gasteiger charge is 2.49. The molecule has 0 bridgehead atoms. The van der Waals surface area contributed by atoms with Crippen molar-refractivity contribution in [1.29, 1.82) is 0 Å². The number of halogens is 2. The van der Waals surface area contributed by atoms with Crippen molar-refractivity contribution in [3.05, 3.63) is 50.9 Å². The van der Waals surface area contributed by atoms with E-state index in [1.54, 1.807) is 12.1 Å². The molecule has 2 aliphatic heterocycles. The number of hydrogen-bond acceptors (Lipinski definition) is 11. The van der Waals surface area contributed by atoms with Gasteiger partial charge in [-0.1, -0.05) is 45.8 Å². The number of methoxy groups -OCH3 is 1. The van der Waals surface area contributed by atoms with Gasteiger partial charge in [0.1, 0.15) is 41.0 Å². The summed E-state index contributed by atoms with van der Waals surface area (Å²) in [6, 6.07) is 3.31. The van der Waals surface area contributed by atoms with Crippen LogP contribution in [-0.4, -0.2) is 66.9 Å². The zero-order chi connectivity index (χ0) is 30.5. The van der Waals surface area contributed by atoms with Crippen LogP contribution < -0.4 is 10.1 Å². The molecule has 2 aromatic heterocycles. The Morgan fingerprint density at radius 2 is 2.00 bits per heavy atom. The van der Waals surface area contributed by atoms with Crippen LogP contribution in [0, 0.1) is 0 Å². The maximum absolute atomic E-state index is 12.3. The minimum Gasteiger partial charge on any atom is -0.489 e. The summed E-state index contributed by atoms with van der Waals surface area (Å²) < 4.78 is 36.4. The lowest BCUT2D eigenvalue weighted by Gasteiger charge is -2.18. The molecule has 1 aromatic carbocycles. The molecule has 3 aromatic rings. The molecule has 4 aliphatic rings. The lowest BCUT2D eigenvalue weighted by Crippen LogP contribution is -2.36. The number of ether oxygens (including phenoxy) is 5. The van der Waals surface area contributed by atoms with Crippen molar-refractivity contribution in [2.75, 3.05) is 25.6 Å². The summed E-state index contributed by atoms with van der Waals surface area (Å²) in [6.07, 6.45) is 4.78. The summed E-state index contributed by atoms with van der Waals surface area (Å²) >= 11 is 14.6. The predicted octanol–water partition coefficient (Wildman–Crippen LogP) is 6.77. The van der Waals surface area contributed by atoms with Gasteiger partial charge in [0, 0.05) is 27.1 Å². The summed E-state index contributed by atoms with van der Waals surface area (Å²) in [5.41, 5.74) is 3.38. The van der Waals surface area contributed by atoms with Crippen LogP contribution in [-0.2, 0) is 25.6 Å². The number of nitrogens with one attached hydrogen (secondary N) is 1. The third-order valence-corrected chi connectivity index (χ3v) is 9.86. The topological polar surface area (TPSA) is 114 Å². The number of benzene rings is 1. The van der Waals surface area contributed by atoms with Crippen molar-refractivity contribution < 1.29 is 33.0 Å². The third kappa shape index (κ3) is 5.74. The van der Waals surface area contributed by atoms with E-state index < -0.39 is 5.97 Å². The summed E-state index contributed by atoms with van der Waals surface area (Å²) in [5.74, 6) is 1.30. The molecule has 2 aliphatic carbocycles. The van der Waals surface area contributed by atoms with E-state index in [1.807, 2.05) is 19.9 Å². The van der Waals surface area contributed by atoms with Crippen molar-refractivity contribution in [2.24, 2.45) is 0 Å². The first-order valence-corrected chi connectivity index (χ1v) is 16.4. The molecule has 3 fully saturated rings. The van der Waals surface area contributed by atoms with Crippen molar-refractivity contribution in [3.8, 4) is 5.75 Å². The van der Waals surface area contributed by atoms with E-state index in [0.29, 0.717) is 69.9 Å². The number of fused-ring (bicyclic) bond motifs is 2. The Bertz CT molecular complexity index is 1650. The third-order valence-electron chi connectivity index (χ3n) is 8.20. The highest BCUT2D eigenvalue weighted by atomic mass is 35.5. The van der Waals surface area contributed by atoms with Crippen molar-refractivity contribution >= 4 is 61.4 Å². The van der Waals surface area contributed by atoms with E-state index >= 15 is 0 Å². The number of carbonyl (C=O) groups is 1. The first-order valence-electron chi connectivity index (χ1n) is 14.8. The smallest absolute Gasteiger partial charge is 0.338 e. The van der Waals surface area contributed by atoms with Crippen LogP contribution >= 0.6 is 34.5 Å². The second-order valence-electron chi connectivity index (χ2n) is 11.7. The fraction of sp³-hybridized carbons (Fsp3) is 0.516. The SMILES string of the molecule is COC(=O)c1cc(OC(C)C)c2nc(NC3CO[C@@H]4C(OCc5c(C6=C(Cl)CCC=C6Cl)noc5C5CC5)CO[C@H]34)sc2c1. The van der Waals surface area contributed by atoms with Gasteiger partial charge in [-0.05, 0) is 51.7 Å². The molecule has 4 atom stereocenters. The predicted molar refractivity (Wildman–Crippen MR) is 167 cm³/mol. The number of allylic oxidation sites excluding steroid dienone is 4. The van der Waals surface area contributed by atoms with Crippen LogP contribution in [0.15, 0.2) is 32.8 Å². The van der Waals surface area contributed by atoms with Crippen molar-refractivity contribution in [1.82, 2.24) is 10.1 Å². The largest absolute Gasteiger partial charge is 0.489 e. The number of thiazole rings is 1. The van der Waals surface area contributed by atoms with Gasteiger partial charge >= 0.3 is 5.97 Å². The molecule has 13 heteroatoms. The molecule has 10 nitrogen and oxygen atoms in total. The fourth-order valence-corrected chi connectivity index (χ4v) is 7.61. The minimum absolute atomic E-state index is 0.0869. The number of esters is 1. The Morgan fingerprint density at radius 1 is 1.18 bits per heavy atom. The first-order chi connectivity index (χ1) is 21.3. The van der Waals surface area contributed by atoms with Gasteiger partial charge in [0.15, 0.2) is 5.13 Å². The van der Waals surface area contributed by atoms with Gasteiger partial charge in [-0.3, -0.25) is 0 Å². The van der Waals surface area contributed by atoms with Crippen LogP contribution in [0.2, 0.25) is 0 Å². The van der Waals surface area contributed by atoms with E-state index in [-0.39, 0.29) is 30.5 Å². The van der Waals surface area contributed by atoms with Crippen LogP contribution in [0.25, 0.3) is 15.8 Å². The molecule has 2 saturated heterocycles. The fourth-order valence-electron chi connectivity index (χ4n) is 5.97. The molecule has 1 saturated carbocycles. The van der Waals surface area contributed by atoms with Gasteiger partial charge in [-0.2, -0.15) is 0 Å². The second kappa shape index (κ2) is 12.3. The number of nitrogens with zero attached hydrogens (tertiary/aromatic N) is 2. The Labute approximate surface area is 268 Å². The molecule has 0 spiro atoms. The van der Waals surface area contributed by atoms with E-state index in [1.165, 1.54) is 18.4 Å². The summed E-state index contributed by atoms with van der Waals surface area (Å²) in [6.45, 7) is 4.98. The minimum atomic E-state index is -0.429. The molecular formula is C31H33Cl2N3O7S. The maximum Gasteiger partial charge on any atom is 0.338 e. The van der Waals surface area contributed by atoms with Crippen LogP contribution in [0.1, 0.15) is 72.8 Å². The lowest BCUT2D eigenvalue weighted by atomic mass is 9.99. The molecular weight excluding hydrogens is 629 g/mol. The van der Waals surface area contributed by atoms with Gasteiger partial charge in [-0.15, -0.1) is 0 Å². The second-order valence-corrected chi connectivity index (χ2v) is 13.6. The van der Waals surface area contributed by atoms with Gasteiger partial charge in [0.05, 0.1) is 49.3 Å². The molecule has 2 unspecified atom stereocenters. The summed E-state index contributed by atoms with van der Waals surface area (Å²) in [4.78, 5) is 17.1. The number of carbonyl (C=O) groups excluding carboxylic acids is 1. The lowest BCUT2D eigenvalue weighted by molar-refractivity contribution is -0.0392. The molecule has 44 heavy (non-hydrogen) atoms. The molecule has 0 radical (unpaired) electrons. The monoisotopic (exact) mass is 661 g/mol. The Kier molecular flexibility index (Phi) is 8.36. The van der Waals surface area contributed by atoms with Crippen molar-refractivity contribution in [2.45, 2.75) is 82.5 Å². The van der Waals surface area contributed by atoms with Crippen LogP contribution in [0.4, 0.5) is 5.13 Å².